The maximum atomic E-state index is 12.5. The SMILES string of the molecule is Cn1ncnc1C1c2n[nH]c(=O)c3cccc(c23)NOC1c1ccc(CN2CCC2)cc1. The Balaban J connectivity index is 1.48. The Labute approximate surface area is 184 Å². The van der Waals surface area contributed by atoms with Crippen molar-refractivity contribution in [3.8, 4) is 0 Å². The first kappa shape index (κ1) is 19.1. The molecule has 6 rings (SSSR count). The number of rotatable bonds is 4. The first-order valence-electron chi connectivity index (χ1n) is 10.8. The van der Waals surface area contributed by atoms with Crippen LogP contribution in [0.1, 0.15) is 41.1 Å². The number of aryl methyl sites for hydroxylation is 1. The zero-order valence-corrected chi connectivity index (χ0v) is 17.7. The van der Waals surface area contributed by atoms with Crippen molar-refractivity contribution in [3.05, 3.63) is 81.8 Å². The van der Waals surface area contributed by atoms with Crippen molar-refractivity contribution in [1.29, 1.82) is 0 Å². The standard InChI is InChI=1S/C23H23N7O2/c1-29-22(24-13-25-29)19-20-18-16(23(31)27-26-20)4-2-5-17(18)28-32-21(19)15-8-6-14(7-9-15)12-30-10-3-11-30/h2,4-9,13,19,21,28H,3,10-12H2,1H3,(H,27,31). The van der Waals surface area contributed by atoms with Crippen LogP contribution in [0.3, 0.4) is 0 Å². The number of aromatic nitrogens is 5. The molecule has 0 spiro atoms. The summed E-state index contributed by atoms with van der Waals surface area (Å²) < 4.78 is 1.73. The zero-order chi connectivity index (χ0) is 21.7. The Morgan fingerprint density at radius 3 is 2.72 bits per heavy atom. The van der Waals surface area contributed by atoms with E-state index in [0.29, 0.717) is 22.6 Å². The second-order valence-corrected chi connectivity index (χ2v) is 8.40. The maximum absolute atomic E-state index is 12.5. The van der Waals surface area contributed by atoms with Crippen LogP contribution < -0.4 is 11.0 Å². The summed E-state index contributed by atoms with van der Waals surface area (Å²) in [6, 6.07) is 14.0. The number of H-pyrrole nitrogens is 1. The predicted octanol–water partition coefficient (Wildman–Crippen LogP) is 2.49. The minimum Gasteiger partial charge on any atom is -0.299 e. The van der Waals surface area contributed by atoms with Gasteiger partial charge in [-0.3, -0.25) is 24.7 Å². The Kier molecular flexibility index (Phi) is 4.51. The predicted molar refractivity (Wildman–Crippen MR) is 119 cm³/mol. The lowest BCUT2D eigenvalue weighted by molar-refractivity contribution is 0.0848. The molecule has 4 aromatic rings. The molecule has 2 N–H and O–H groups in total. The molecule has 2 aliphatic heterocycles. The van der Waals surface area contributed by atoms with Crippen LogP contribution in [0.4, 0.5) is 5.69 Å². The van der Waals surface area contributed by atoms with Gasteiger partial charge in [0.1, 0.15) is 18.3 Å². The lowest BCUT2D eigenvalue weighted by atomic mass is 9.89. The Morgan fingerprint density at radius 1 is 1.16 bits per heavy atom. The number of hydrogen-bond donors (Lipinski definition) is 2. The Hall–Kier alpha value is -3.56. The number of nitrogens with one attached hydrogen (secondary N) is 2. The fraction of sp³-hybridized carbons (Fsp3) is 0.304. The quantitative estimate of drug-likeness (QED) is 0.514. The van der Waals surface area contributed by atoms with Crippen LogP contribution in [0, 0.1) is 0 Å². The van der Waals surface area contributed by atoms with Gasteiger partial charge in [-0.25, -0.2) is 10.1 Å². The summed E-state index contributed by atoms with van der Waals surface area (Å²) in [5.41, 5.74) is 6.52. The molecule has 162 valence electrons. The largest absolute Gasteiger partial charge is 0.299 e. The van der Waals surface area contributed by atoms with Crippen molar-refractivity contribution >= 4 is 16.5 Å². The molecule has 2 aromatic carbocycles. The van der Waals surface area contributed by atoms with Gasteiger partial charge < -0.3 is 0 Å². The van der Waals surface area contributed by atoms with E-state index in [1.54, 1.807) is 10.7 Å². The van der Waals surface area contributed by atoms with Crippen LogP contribution in [-0.2, 0) is 18.4 Å². The minimum absolute atomic E-state index is 0.238. The molecule has 0 amide bonds. The van der Waals surface area contributed by atoms with E-state index in [0.717, 1.165) is 30.6 Å². The van der Waals surface area contributed by atoms with Gasteiger partial charge in [0.15, 0.2) is 0 Å². The third-order valence-electron chi connectivity index (χ3n) is 6.42. The van der Waals surface area contributed by atoms with Gasteiger partial charge in [-0.1, -0.05) is 30.3 Å². The molecule has 1 saturated heterocycles. The highest BCUT2D eigenvalue weighted by Crippen LogP contribution is 2.43. The summed E-state index contributed by atoms with van der Waals surface area (Å²) >= 11 is 0. The Morgan fingerprint density at radius 2 is 2.00 bits per heavy atom. The van der Waals surface area contributed by atoms with Crippen molar-refractivity contribution in [2.24, 2.45) is 7.05 Å². The van der Waals surface area contributed by atoms with Gasteiger partial charge in [-0.15, -0.1) is 0 Å². The van der Waals surface area contributed by atoms with Gasteiger partial charge in [0.25, 0.3) is 5.56 Å². The van der Waals surface area contributed by atoms with Crippen molar-refractivity contribution in [3.63, 3.8) is 0 Å². The normalized spacial score (nSPS) is 20.5. The minimum atomic E-state index is -0.426. The molecule has 9 nitrogen and oxygen atoms in total. The third kappa shape index (κ3) is 3.09. The van der Waals surface area contributed by atoms with Crippen LogP contribution >= 0.6 is 0 Å². The van der Waals surface area contributed by atoms with Crippen molar-refractivity contribution in [1.82, 2.24) is 29.9 Å². The third-order valence-corrected chi connectivity index (χ3v) is 6.42. The average Bonchev–Trinajstić information content (AvgIpc) is 3.13. The molecule has 9 heteroatoms. The molecule has 2 atom stereocenters. The molecule has 2 aliphatic rings. The van der Waals surface area contributed by atoms with Gasteiger partial charge in [0.2, 0.25) is 0 Å². The molecule has 0 aliphatic carbocycles. The van der Waals surface area contributed by atoms with Crippen LogP contribution in [0.2, 0.25) is 0 Å². The highest BCUT2D eigenvalue weighted by atomic mass is 16.7. The second kappa shape index (κ2) is 7.54. The first-order valence-corrected chi connectivity index (χ1v) is 10.8. The Bertz CT molecular complexity index is 1340. The van der Waals surface area contributed by atoms with Crippen LogP contribution in [0.5, 0.6) is 0 Å². The van der Waals surface area contributed by atoms with E-state index in [2.05, 4.69) is 54.9 Å². The summed E-state index contributed by atoms with van der Waals surface area (Å²) in [5, 5.41) is 12.7. The zero-order valence-electron chi connectivity index (χ0n) is 17.7. The highest BCUT2D eigenvalue weighted by Gasteiger charge is 2.37. The summed E-state index contributed by atoms with van der Waals surface area (Å²) in [4.78, 5) is 25.7. The summed E-state index contributed by atoms with van der Waals surface area (Å²) in [5.74, 6) is 0.332. The lowest BCUT2D eigenvalue weighted by Crippen LogP contribution is -2.36. The summed E-state index contributed by atoms with van der Waals surface area (Å²) in [6.07, 6.45) is 2.38. The van der Waals surface area contributed by atoms with Crippen LogP contribution in [0.25, 0.3) is 10.8 Å². The second-order valence-electron chi connectivity index (χ2n) is 8.40. The monoisotopic (exact) mass is 429 g/mol. The highest BCUT2D eigenvalue weighted by molar-refractivity contribution is 5.95. The van der Waals surface area contributed by atoms with Gasteiger partial charge in [0, 0.05) is 19.0 Å². The average molecular weight is 429 g/mol. The number of hydrogen-bond acceptors (Lipinski definition) is 7. The van der Waals surface area contributed by atoms with Gasteiger partial charge in [0.05, 0.1) is 22.7 Å². The van der Waals surface area contributed by atoms with E-state index in [1.807, 2.05) is 19.2 Å². The van der Waals surface area contributed by atoms with Crippen LogP contribution in [-0.4, -0.2) is 43.0 Å². The molecule has 0 radical (unpaired) electrons. The number of likely N-dealkylation sites (tertiary alicyclic amines) is 1. The summed E-state index contributed by atoms with van der Waals surface area (Å²) in [7, 11) is 1.85. The molecule has 0 saturated carbocycles. The van der Waals surface area contributed by atoms with E-state index in [4.69, 9.17) is 4.84 Å². The molecule has 2 aromatic heterocycles. The topological polar surface area (TPSA) is 101 Å². The maximum Gasteiger partial charge on any atom is 0.272 e. The van der Waals surface area contributed by atoms with E-state index in [9.17, 15) is 4.79 Å². The summed E-state index contributed by atoms with van der Waals surface area (Å²) in [6.45, 7) is 3.29. The van der Waals surface area contributed by atoms with Gasteiger partial charge in [-0.05, 0) is 42.8 Å². The van der Waals surface area contributed by atoms with Crippen molar-refractivity contribution < 1.29 is 4.84 Å². The lowest BCUT2D eigenvalue weighted by Gasteiger charge is -2.30. The molecule has 4 heterocycles. The molecule has 2 unspecified atom stereocenters. The van der Waals surface area contributed by atoms with E-state index < -0.39 is 6.10 Å². The molecule has 0 bridgehead atoms. The molecule has 1 fully saturated rings. The van der Waals surface area contributed by atoms with E-state index in [-0.39, 0.29) is 11.5 Å². The van der Waals surface area contributed by atoms with Gasteiger partial charge >= 0.3 is 0 Å². The number of nitrogens with zero attached hydrogens (tertiary/aromatic N) is 5. The fourth-order valence-electron chi connectivity index (χ4n) is 4.61. The van der Waals surface area contributed by atoms with Crippen molar-refractivity contribution in [2.75, 3.05) is 18.6 Å². The van der Waals surface area contributed by atoms with Crippen LogP contribution in [0.15, 0.2) is 53.6 Å². The number of anilines is 1. The van der Waals surface area contributed by atoms with E-state index >= 15 is 0 Å². The smallest absolute Gasteiger partial charge is 0.272 e. The number of aromatic amines is 1. The number of benzene rings is 2. The molecular formula is C23H23N7O2. The molecule has 32 heavy (non-hydrogen) atoms. The fourth-order valence-corrected chi connectivity index (χ4v) is 4.61. The van der Waals surface area contributed by atoms with E-state index in [1.165, 1.54) is 18.3 Å². The first-order chi connectivity index (χ1) is 15.7. The van der Waals surface area contributed by atoms with Crippen molar-refractivity contribution in [2.45, 2.75) is 25.0 Å². The van der Waals surface area contributed by atoms with Gasteiger partial charge in [-0.2, -0.15) is 10.2 Å². The molecular weight excluding hydrogens is 406 g/mol.